The van der Waals surface area contributed by atoms with E-state index in [9.17, 15) is 13.6 Å². The maximum Gasteiger partial charge on any atom is 0.227 e. The van der Waals surface area contributed by atoms with Gasteiger partial charge in [0.2, 0.25) is 5.91 Å². The van der Waals surface area contributed by atoms with Crippen LogP contribution in [-0.2, 0) is 16.0 Å². The Balaban J connectivity index is 1.66. The zero-order valence-electron chi connectivity index (χ0n) is 13.4. The number of carbonyl (C=O) groups is 1. The zero-order chi connectivity index (χ0) is 16.4. The predicted octanol–water partition coefficient (Wildman–Crippen LogP) is 1.83. The fraction of sp³-hybridized carbons (Fsp3) is 0.588. The minimum absolute atomic E-state index is 0.110. The first-order valence-corrected chi connectivity index (χ1v) is 8.02. The molecule has 2 saturated heterocycles. The second kappa shape index (κ2) is 6.53. The Morgan fingerprint density at radius 1 is 1.26 bits per heavy atom. The van der Waals surface area contributed by atoms with Crippen LogP contribution in [0.5, 0.6) is 0 Å². The Bertz CT molecular complexity index is 586. The van der Waals surface area contributed by atoms with Crippen molar-refractivity contribution in [2.45, 2.75) is 24.9 Å². The number of likely N-dealkylation sites (tertiary alicyclic amines) is 1. The van der Waals surface area contributed by atoms with Gasteiger partial charge in [0.15, 0.2) is 11.6 Å². The van der Waals surface area contributed by atoms with Crippen molar-refractivity contribution < 1.29 is 18.3 Å². The van der Waals surface area contributed by atoms with E-state index in [-0.39, 0.29) is 23.5 Å². The van der Waals surface area contributed by atoms with E-state index in [1.807, 2.05) is 0 Å². The van der Waals surface area contributed by atoms with Gasteiger partial charge in [-0.1, -0.05) is 12.1 Å². The van der Waals surface area contributed by atoms with E-state index in [0.29, 0.717) is 19.7 Å². The normalized spacial score (nSPS) is 21.6. The Morgan fingerprint density at radius 2 is 2.00 bits per heavy atom. The summed E-state index contributed by atoms with van der Waals surface area (Å²) in [7, 11) is 2.07. The molecule has 2 aliphatic heterocycles. The maximum atomic E-state index is 13.7. The van der Waals surface area contributed by atoms with Crippen molar-refractivity contribution in [1.82, 2.24) is 9.80 Å². The average Bonchev–Trinajstić information content (AvgIpc) is 2.55. The van der Waals surface area contributed by atoms with Crippen molar-refractivity contribution in [3.63, 3.8) is 0 Å². The first-order valence-electron chi connectivity index (χ1n) is 8.02. The molecule has 126 valence electrons. The van der Waals surface area contributed by atoms with Crippen LogP contribution in [0.2, 0.25) is 0 Å². The van der Waals surface area contributed by atoms with Gasteiger partial charge < -0.3 is 14.5 Å². The van der Waals surface area contributed by atoms with Gasteiger partial charge in [-0.25, -0.2) is 8.78 Å². The first-order chi connectivity index (χ1) is 11.0. The molecule has 23 heavy (non-hydrogen) atoms. The van der Waals surface area contributed by atoms with E-state index in [0.717, 1.165) is 32.0 Å². The fourth-order valence-electron chi connectivity index (χ4n) is 3.35. The molecule has 2 aliphatic rings. The molecular weight excluding hydrogens is 302 g/mol. The molecule has 1 spiro atoms. The number of benzene rings is 1. The molecule has 1 aromatic rings. The van der Waals surface area contributed by atoms with Crippen LogP contribution in [0.4, 0.5) is 8.78 Å². The summed E-state index contributed by atoms with van der Waals surface area (Å²) in [6.07, 6.45) is 1.67. The molecule has 3 rings (SSSR count). The molecule has 1 amide bonds. The highest BCUT2D eigenvalue weighted by Gasteiger charge is 2.40. The molecular formula is C17H22F2N2O2. The third-order valence-corrected chi connectivity index (χ3v) is 4.87. The Labute approximate surface area is 135 Å². The summed E-state index contributed by atoms with van der Waals surface area (Å²) in [4.78, 5) is 16.5. The molecule has 0 N–H and O–H groups in total. The smallest absolute Gasteiger partial charge is 0.227 e. The van der Waals surface area contributed by atoms with E-state index in [4.69, 9.17) is 4.74 Å². The number of morpholine rings is 1. The van der Waals surface area contributed by atoms with Crippen LogP contribution in [0.25, 0.3) is 0 Å². The minimum Gasteiger partial charge on any atom is -0.371 e. The molecule has 0 saturated carbocycles. The van der Waals surface area contributed by atoms with Gasteiger partial charge in [0.1, 0.15) is 0 Å². The van der Waals surface area contributed by atoms with Gasteiger partial charge in [0.25, 0.3) is 0 Å². The van der Waals surface area contributed by atoms with Gasteiger partial charge in [-0.2, -0.15) is 0 Å². The van der Waals surface area contributed by atoms with Gasteiger partial charge in [-0.3, -0.25) is 4.79 Å². The summed E-state index contributed by atoms with van der Waals surface area (Å²) in [5.74, 6) is -2.01. The molecule has 0 unspecified atom stereocenters. The van der Waals surface area contributed by atoms with Crippen LogP contribution >= 0.6 is 0 Å². The van der Waals surface area contributed by atoms with Crippen molar-refractivity contribution in [1.29, 1.82) is 0 Å². The topological polar surface area (TPSA) is 32.8 Å². The van der Waals surface area contributed by atoms with E-state index in [2.05, 4.69) is 11.9 Å². The molecule has 0 radical (unpaired) electrons. The van der Waals surface area contributed by atoms with Crippen LogP contribution in [0.3, 0.4) is 0 Å². The van der Waals surface area contributed by atoms with Gasteiger partial charge in [-0.15, -0.1) is 0 Å². The molecule has 4 nitrogen and oxygen atoms in total. The monoisotopic (exact) mass is 324 g/mol. The molecule has 1 aromatic carbocycles. The number of hydrogen-bond acceptors (Lipinski definition) is 3. The second-order valence-electron chi connectivity index (χ2n) is 6.54. The van der Waals surface area contributed by atoms with E-state index in [1.54, 1.807) is 4.90 Å². The van der Waals surface area contributed by atoms with Crippen LogP contribution in [-0.4, -0.2) is 61.1 Å². The van der Waals surface area contributed by atoms with Crippen molar-refractivity contribution in [3.05, 3.63) is 35.4 Å². The SMILES string of the molecule is CN1CCC2(CC1)CN(C(=O)Cc1cccc(F)c1F)CCO2. The van der Waals surface area contributed by atoms with Gasteiger partial charge in [0, 0.05) is 31.7 Å². The lowest BCUT2D eigenvalue weighted by molar-refractivity contribution is -0.158. The lowest BCUT2D eigenvalue weighted by atomic mass is 9.89. The van der Waals surface area contributed by atoms with E-state index >= 15 is 0 Å². The van der Waals surface area contributed by atoms with Crippen molar-refractivity contribution in [2.24, 2.45) is 0 Å². The Kier molecular flexibility index (Phi) is 4.64. The van der Waals surface area contributed by atoms with Crippen LogP contribution in [0, 0.1) is 11.6 Å². The summed E-state index contributed by atoms with van der Waals surface area (Å²) in [5.41, 5.74) is -0.167. The number of piperidine rings is 1. The van der Waals surface area contributed by atoms with Crippen molar-refractivity contribution >= 4 is 5.91 Å². The highest BCUT2D eigenvalue weighted by molar-refractivity contribution is 5.79. The van der Waals surface area contributed by atoms with Crippen molar-refractivity contribution in [3.8, 4) is 0 Å². The summed E-state index contributed by atoms with van der Waals surface area (Å²) in [6.45, 7) is 3.44. The largest absolute Gasteiger partial charge is 0.371 e. The number of ether oxygens (including phenoxy) is 1. The molecule has 0 aromatic heterocycles. The number of amides is 1. The number of rotatable bonds is 2. The molecule has 6 heteroatoms. The minimum atomic E-state index is -0.928. The second-order valence-corrected chi connectivity index (χ2v) is 6.54. The summed E-state index contributed by atoms with van der Waals surface area (Å²) in [5, 5.41) is 0. The number of carbonyl (C=O) groups excluding carboxylic acids is 1. The summed E-state index contributed by atoms with van der Waals surface area (Å²) in [6, 6.07) is 3.95. The number of nitrogens with zero attached hydrogens (tertiary/aromatic N) is 2. The lowest BCUT2D eigenvalue weighted by Gasteiger charge is -2.46. The van der Waals surface area contributed by atoms with Gasteiger partial charge >= 0.3 is 0 Å². The molecule has 0 aliphatic carbocycles. The molecule has 2 fully saturated rings. The van der Waals surface area contributed by atoms with Gasteiger partial charge in [0.05, 0.1) is 18.6 Å². The van der Waals surface area contributed by atoms with Crippen LogP contribution in [0.15, 0.2) is 18.2 Å². The highest BCUT2D eigenvalue weighted by Crippen LogP contribution is 2.30. The first kappa shape index (κ1) is 16.3. The number of halogens is 2. The Morgan fingerprint density at radius 3 is 2.74 bits per heavy atom. The lowest BCUT2D eigenvalue weighted by Crippen LogP contribution is -2.57. The van der Waals surface area contributed by atoms with E-state index < -0.39 is 11.6 Å². The average molecular weight is 324 g/mol. The zero-order valence-corrected chi connectivity index (χ0v) is 13.4. The summed E-state index contributed by atoms with van der Waals surface area (Å²) < 4.78 is 33.0. The fourth-order valence-corrected chi connectivity index (χ4v) is 3.35. The highest BCUT2D eigenvalue weighted by atomic mass is 19.2. The summed E-state index contributed by atoms with van der Waals surface area (Å²) >= 11 is 0. The number of hydrogen-bond donors (Lipinski definition) is 0. The van der Waals surface area contributed by atoms with Gasteiger partial charge in [-0.05, 0) is 26.0 Å². The van der Waals surface area contributed by atoms with E-state index in [1.165, 1.54) is 12.1 Å². The predicted molar refractivity (Wildman–Crippen MR) is 82.1 cm³/mol. The Hall–Kier alpha value is -1.53. The van der Waals surface area contributed by atoms with Crippen LogP contribution < -0.4 is 0 Å². The standard InChI is InChI=1S/C17H22F2N2O2/c1-20-7-5-17(6-8-20)12-21(9-10-23-17)15(22)11-13-3-2-4-14(18)16(13)19/h2-4H,5-12H2,1H3. The molecule has 0 bridgehead atoms. The molecule has 0 atom stereocenters. The van der Waals surface area contributed by atoms with Crippen LogP contribution in [0.1, 0.15) is 18.4 Å². The van der Waals surface area contributed by atoms with Crippen molar-refractivity contribution in [2.75, 3.05) is 39.8 Å². The third-order valence-electron chi connectivity index (χ3n) is 4.87. The maximum absolute atomic E-state index is 13.7. The third kappa shape index (κ3) is 3.53. The quantitative estimate of drug-likeness (QED) is 0.832. The molecule has 2 heterocycles.